The zero-order chi connectivity index (χ0) is 18.1. The highest BCUT2D eigenvalue weighted by atomic mass is 35.5. The number of nitrogens with one attached hydrogen (secondary N) is 1. The van der Waals surface area contributed by atoms with Crippen LogP contribution in [-0.2, 0) is 0 Å². The van der Waals surface area contributed by atoms with E-state index in [0.717, 1.165) is 4.90 Å². The van der Waals surface area contributed by atoms with Crippen molar-refractivity contribution >= 4 is 40.7 Å². The fraction of sp³-hybridized carbons (Fsp3) is 0.0588. The van der Waals surface area contributed by atoms with Gasteiger partial charge in [0.15, 0.2) is 6.19 Å². The Labute approximate surface area is 148 Å². The maximum atomic E-state index is 12.6. The lowest BCUT2D eigenvalue weighted by Crippen LogP contribution is -2.30. The van der Waals surface area contributed by atoms with Gasteiger partial charge in [0.05, 0.1) is 22.5 Å². The van der Waals surface area contributed by atoms with Crippen LogP contribution >= 0.6 is 11.6 Å². The zero-order valence-corrected chi connectivity index (χ0v) is 13.8. The Morgan fingerprint density at radius 1 is 1.20 bits per heavy atom. The van der Waals surface area contributed by atoms with Crippen LogP contribution in [0.1, 0.15) is 26.3 Å². The SMILES string of the molecule is Cc1cc(N=C(N)NC#N)ccc1N1C(=O)c2ccc(Cl)cc2C1=O. The van der Waals surface area contributed by atoms with Crippen molar-refractivity contribution in [1.82, 2.24) is 5.32 Å². The predicted molar refractivity (Wildman–Crippen MR) is 93.8 cm³/mol. The number of aliphatic imine (C=N–C) groups is 1. The molecule has 8 heteroatoms. The average Bonchev–Trinajstić information content (AvgIpc) is 2.79. The highest BCUT2D eigenvalue weighted by Gasteiger charge is 2.37. The maximum Gasteiger partial charge on any atom is 0.266 e. The molecule has 0 fully saturated rings. The molecule has 0 unspecified atom stereocenters. The predicted octanol–water partition coefficient (Wildman–Crippen LogP) is 2.47. The summed E-state index contributed by atoms with van der Waals surface area (Å²) in [5.41, 5.74) is 7.72. The second-order valence-electron chi connectivity index (χ2n) is 5.34. The number of anilines is 1. The number of carbonyl (C=O) groups excluding carboxylic acids is 2. The van der Waals surface area contributed by atoms with Gasteiger partial charge in [-0.2, -0.15) is 5.26 Å². The van der Waals surface area contributed by atoms with Gasteiger partial charge in [-0.1, -0.05) is 11.6 Å². The van der Waals surface area contributed by atoms with Crippen LogP contribution in [0, 0.1) is 18.4 Å². The molecule has 3 N–H and O–H groups in total. The van der Waals surface area contributed by atoms with Gasteiger partial charge in [0, 0.05) is 5.02 Å². The molecule has 7 nitrogen and oxygen atoms in total. The molecule has 0 radical (unpaired) electrons. The third-order valence-corrected chi connectivity index (χ3v) is 3.94. The van der Waals surface area contributed by atoms with E-state index >= 15 is 0 Å². The number of nitriles is 1. The maximum absolute atomic E-state index is 12.6. The molecule has 0 spiro atoms. The summed E-state index contributed by atoms with van der Waals surface area (Å²) < 4.78 is 0. The number of nitrogens with zero attached hydrogens (tertiary/aromatic N) is 3. The van der Waals surface area contributed by atoms with Crippen molar-refractivity contribution in [3.63, 3.8) is 0 Å². The lowest BCUT2D eigenvalue weighted by molar-refractivity contribution is 0.0926. The number of hydrogen-bond acceptors (Lipinski definition) is 4. The molecule has 0 aromatic heterocycles. The molecule has 1 heterocycles. The van der Waals surface area contributed by atoms with Crippen molar-refractivity contribution in [2.45, 2.75) is 6.92 Å². The summed E-state index contributed by atoms with van der Waals surface area (Å²) in [6.07, 6.45) is 1.67. The quantitative estimate of drug-likeness (QED) is 0.283. The fourth-order valence-corrected chi connectivity index (χ4v) is 2.79. The lowest BCUT2D eigenvalue weighted by atomic mass is 10.1. The van der Waals surface area contributed by atoms with Crippen LogP contribution < -0.4 is 16.0 Å². The van der Waals surface area contributed by atoms with Gasteiger partial charge < -0.3 is 5.73 Å². The number of fused-ring (bicyclic) bond motifs is 1. The van der Waals surface area contributed by atoms with E-state index in [4.69, 9.17) is 22.6 Å². The summed E-state index contributed by atoms with van der Waals surface area (Å²) in [6.45, 7) is 1.75. The van der Waals surface area contributed by atoms with E-state index in [1.807, 2.05) is 0 Å². The zero-order valence-electron chi connectivity index (χ0n) is 13.1. The number of amides is 2. The highest BCUT2D eigenvalue weighted by Crippen LogP contribution is 2.33. The largest absolute Gasteiger partial charge is 0.369 e. The molecule has 0 atom stereocenters. The second kappa shape index (κ2) is 6.26. The minimum Gasteiger partial charge on any atom is -0.369 e. The number of nitrogens with two attached hydrogens (primary N) is 1. The van der Waals surface area contributed by atoms with Gasteiger partial charge in [-0.15, -0.1) is 0 Å². The van der Waals surface area contributed by atoms with Gasteiger partial charge in [-0.25, -0.2) is 9.89 Å². The van der Waals surface area contributed by atoms with E-state index in [9.17, 15) is 9.59 Å². The first-order chi connectivity index (χ1) is 11.9. The summed E-state index contributed by atoms with van der Waals surface area (Å²) in [5, 5.41) is 11.1. The molecule has 25 heavy (non-hydrogen) atoms. The molecule has 0 saturated carbocycles. The Hall–Kier alpha value is -3.37. The van der Waals surface area contributed by atoms with E-state index in [0.29, 0.717) is 27.5 Å². The lowest BCUT2D eigenvalue weighted by Gasteiger charge is -2.17. The number of rotatable bonds is 2. The van der Waals surface area contributed by atoms with Gasteiger partial charge in [0.1, 0.15) is 0 Å². The first-order valence-electron chi connectivity index (χ1n) is 7.20. The molecule has 1 aliphatic rings. The number of benzene rings is 2. The van der Waals surface area contributed by atoms with E-state index in [2.05, 4.69) is 10.3 Å². The topological polar surface area (TPSA) is 112 Å². The third-order valence-electron chi connectivity index (χ3n) is 3.70. The fourth-order valence-electron chi connectivity index (χ4n) is 2.62. The minimum atomic E-state index is -0.424. The van der Waals surface area contributed by atoms with Crippen LogP contribution in [0.4, 0.5) is 11.4 Å². The van der Waals surface area contributed by atoms with Gasteiger partial charge in [-0.3, -0.25) is 14.9 Å². The Morgan fingerprint density at radius 2 is 1.92 bits per heavy atom. The van der Waals surface area contributed by atoms with Crippen molar-refractivity contribution in [3.05, 3.63) is 58.1 Å². The molecule has 1 aliphatic heterocycles. The van der Waals surface area contributed by atoms with Crippen LogP contribution in [0.2, 0.25) is 5.02 Å². The standard InChI is InChI=1S/C17H12ClN5O2/c1-9-6-11(22-17(20)21-8-19)3-5-14(9)23-15(24)12-4-2-10(18)7-13(12)16(23)25/h2-7H,1H3,(H3,20,21,22). The minimum absolute atomic E-state index is 0.0509. The highest BCUT2D eigenvalue weighted by molar-refractivity contribution is 6.36. The molecule has 0 bridgehead atoms. The van der Waals surface area contributed by atoms with Gasteiger partial charge in [0.2, 0.25) is 5.96 Å². The van der Waals surface area contributed by atoms with Crippen LogP contribution in [-0.4, -0.2) is 17.8 Å². The molecule has 2 aromatic carbocycles. The first-order valence-corrected chi connectivity index (χ1v) is 7.58. The number of imide groups is 1. The van der Waals surface area contributed by atoms with E-state index < -0.39 is 11.8 Å². The van der Waals surface area contributed by atoms with Gasteiger partial charge in [0.25, 0.3) is 11.8 Å². The Morgan fingerprint density at radius 3 is 2.60 bits per heavy atom. The number of guanidine groups is 1. The molecule has 2 amide bonds. The van der Waals surface area contributed by atoms with Gasteiger partial charge >= 0.3 is 0 Å². The van der Waals surface area contributed by atoms with Crippen LogP contribution in [0.25, 0.3) is 0 Å². The van der Waals surface area contributed by atoms with Crippen molar-refractivity contribution in [3.8, 4) is 6.19 Å². The molecule has 3 rings (SSSR count). The average molecular weight is 354 g/mol. The van der Waals surface area contributed by atoms with E-state index in [1.54, 1.807) is 43.4 Å². The number of carbonyl (C=O) groups is 2. The van der Waals surface area contributed by atoms with Crippen LogP contribution in [0.5, 0.6) is 0 Å². The summed E-state index contributed by atoms with van der Waals surface area (Å²) in [4.78, 5) is 30.3. The number of aryl methyl sites for hydroxylation is 1. The van der Waals surface area contributed by atoms with Crippen molar-refractivity contribution in [2.24, 2.45) is 10.7 Å². The summed E-state index contributed by atoms with van der Waals surface area (Å²) in [6, 6.07) is 9.48. The second-order valence-corrected chi connectivity index (χ2v) is 5.78. The smallest absolute Gasteiger partial charge is 0.266 e. The Balaban J connectivity index is 1.99. The first kappa shape index (κ1) is 16.5. The Kier molecular flexibility index (Phi) is 4.13. The van der Waals surface area contributed by atoms with E-state index in [-0.39, 0.29) is 11.5 Å². The Bertz CT molecular complexity index is 977. The summed E-state index contributed by atoms with van der Waals surface area (Å²) in [7, 11) is 0. The summed E-state index contributed by atoms with van der Waals surface area (Å²) >= 11 is 5.92. The number of hydrogen-bond donors (Lipinski definition) is 2. The number of halogens is 1. The molecular formula is C17H12ClN5O2. The molecule has 0 aliphatic carbocycles. The van der Waals surface area contributed by atoms with Crippen LogP contribution in [0.15, 0.2) is 41.4 Å². The van der Waals surface area contributed by atoms with Crippen molar-refractivity contribution in [1.29, 1.82) is 5.26 Å². The normalized spacial score (nSPS) is 13.6. The molecule has 2 aromatic rings. The van der Waals surface area contributed by atoms with Crippen molar-refractivity contribution < 1.29 is 9.59 Å². The third kappa shape index (κ3) is 2.91. The monoisotopic (exact) mass is 353 g/mol. The van der Waals surface area contributed by atoms with E-state index in [1.165, 1.54) is 6.07 Å². The van der Waals surface area contributed by atoms with Crippen molar-refractivity contribution in [2.75, 3.05) is 4.90 Å². The summed E-state index contributed by atoms with van der Waals surface area (Å²) in [5.74, 6) is -0.876. The molecule has 124 valence electrons. The van der Waals surface area contributed by atoms with Crippen LogP contribution in [0.3, 0.4) is 0 Å². The molecular weight excluding hydrogens is 342 g/mol. The van der Waals surface area contributed by atoms with Gasteiger partial charge in [-0.05, 0) is 48.9 Å². The molecule has 0 saturated heterocycles.